The van der Waals surface area contributed by atoms with Crippen LogP contribution in [-0.4, -0.2) is 53.2 Å². The first-order valence-electron chi connectivity index (χ1n) is 8.82. The Labute approximate surface area is 172 Å². The van der Waals surface area contributed by atoms with Crippen molar-refractivity contribution in [2.45, 2.75) is 12.5 Å². The average molecular weight is 423 g/mol. The summed E-state index contributed by atoms with van der Waals surface area (Å²) in [6, 6.07) is 10.1. The number of anilines is 1. The topological polar surface area (TPSA) is 85.8 Å². The van der Waals surface area contributed by atoms with Gasteiger partial charge in [-0.25, -0.2) is 9.78 Å². The van der Waals surface area contributed by atoms with Gasteiger partial charge < -0.3 is 20.2 Å². The fourth-order valence-corrected chi connectivity index (χ4v) is 3.70. The van der Waals surface area contributed by atoms with Crippen LogP contribution in [0.4, 0.5) is 10.6 Å². The SMILES string of the molecule is O=C(O)NC(CC(=O)N1CCN(c2ncc(Cl)cc2Cl)CC1)c1ccccc1. The molecule has 1 aliphatic heterocycles. The van der Waals surface area contributed by atoms with Gasteiger partial charge in [0.05, 0.1) is 22.5 Å². The predicted octanol–water partition coefficient (Wildman–Crippen LogP) is 3.44. The molecule has 1 aromatic heterocycles. The van der Waals surface area contributed by atoms with Gasteiger partial charge >= 0.3 is 6.09 Å². The molecule has 0 bridgehead atoms. The lowest BCUT2D eigenvalue weighted by molar-refractivity contribution is -0.132. The largest absolute Gasteiger partial charge is 0.465 e. The van der Waals surface area contributed by atoms with Crippen molar-refractivity contribution < 1.29 is 14.7 Å². The van der Waals surface area contributed by atoms with Gasteiger partial charge in [-0.15, -0.1) is 0 Å². The third-order valence-corrected chi connectivity index (χ3v) is 5.08. The van der Waals surface area contributed by atoms with Crippen LogP contribution in [0.5, 0.6) is 0 Å². The third-order valence-electron chi connectivity index (χ3n) is 4.60. The minimum absolute atomic E-state index is 0.0657. The normalized spacial score (nSPS) is 15.2. The van der Waals surface area contributed by atoms with E-state index in [0.717, 1.165) is 5.56 Å². The van der Waals surface area contributed by atoms with Crippen molar-refractivity contribution in [1.29, 1.82) is 0 Å². The van der Waals surface area contributed by atoms with Gasteiger partial charge in [0.15, 0.2) is 0 Å². The Hall–Kier alpha value is -2.51. The van der Waals surface area contributed by atoms with E-state index in [4.69, 9.17) is 28.3 Å². The molecule has 1 atom stereocenters. The van der Waals surface area contributed by atoms with E-state index in [9.17, 15) is 9.59 Å². The van der Waals surface area contributed by atoms with Crippen molar-refractivity contribution in [2.75, 3.05) is 31.1 Å². The molecule has 3 rings (SSSR count). The van der Waals surface area contributed by atoms with E-state index in [1.165, 1.54) is 0 Å². The predicted molar refractivity (Wildman–Crippen MR) is 108 cm³/mol. The number of benzene rings is 1. The van der Waals surface area contributed by atoms with Gasteiger partial charge in [0, 0.05) is 32.4 Å². The Kier molecular flexibility index (Phi) is 6.59. The van der Waals surface area contributed by atoms with Crippen LogP contribution in [0.25, 0.3) is 0 Å². The molecule has 148 valence electrons. The summed E-state index contributed by atoms with van der Waals surface area (Å²) in [5, 5.41) is 12.5. The van der Waals surface area contributed by atoms with Gasteiger partial charge in [-0.05, 0) is 11.6 Å². The molecular weight excluding hydrogens is 403 g/mol. The van der Waals surface area contributed by atoms with Gasteiger partial charge in [0.1, 0.15) is 5.82 Å². The monoisotopic (exact) mass is 422 g/mol. The Bertz CT molecular complexity index is 842. The molecule has 2 heterocycles. The number of halogens is 2. The molecule has 1 aromatic carbocycles. The number of nitrogens with one attached hydrogen (secondary N) is 1. The number of hydrogen-bond donors (Lipinski definition) is 2. The zero-order valence-electron chi connectivity index (χ0n) is 15.0. The summed E-state index contributed by atoms with van der Waals surface area (Å²) in [6.07, 6.45) is 0.452. The third kappa shape index (κ3) is 5.05. The van der Waals surface area contributed by atoms with E-state index in [0.29, 0.717) is 42.0 Å². The number of carbonyl (C=O) groups is 2. The van der Waals surface area contributed by atoms with E-state index in [1.807, 2.05) is 23.1 Å². The molecule has 1 saturated heterocycles. The maximum absolute atomic E-state index is 12.7. The second-order valence-corrected chi connectivity index (χ2v) is 7.29. The number of pyridine rings is 1. The van der Waals surface area contributed by atoms with Crippen LogP contribution in [0.3, 0.4) is 0 Å². The highest BCUT2D eigenvalue weighted by Gasteiger charge is 2.26. The lowest BCUT2D eigenvalue weighted by Gasteiger charge is -2.36. The fourth-order valence-electron chi connectivity index (χ4n) is 3.20. The van der Waals surface area contributed by atoms with Crippen molar-refractivity contribution in [3.8, 4) is 0 Å². The van der Waals surface area contributed by atoms with Crippen molar-refractivity contribution >= 4 is 41.0 Å². The van der Waals surface area contributed by atoms with Crippen LogP contribution < -0.4 is 10.2 Å². The molecule has 9 heteroatoms. The molecular formula is C19H20Cl2N4O3. The van der Waals surface area contributed by atoms with Crippen LogP contribution in [0, 0.1) is 0 Å². The fraction of sp³-hybridized carbons (Fsp3) is 0.316. The molecule has 1 unspecified atom stereocenters. The molecule has 2 N–H and O–H groups in total. The van der Waals surface area contributed by atoms with E-state index >= 15 is 0 Å². The van der Waals surface area contributed by atoms with E-state index in [2.05, 4.69) is 10.3 Å². The summed E-state index contributed by atoms with van der Waals surface area (Å²) < 4.78 is 0. The average Bonchev–Trinajstić information content (AvgIpc) is 2.68. The van der Waals surface area contributed by atoms with Crippen molar-refractivity contribution in [2.24, 2.45) is 0 Å². The van der Waals surface area contributed by atoms with E-state index in [1.54, 1.807) is 29.3 Å². The number of piperazine rings is 1. The summed E-state index contributed by atoms with van der Waals surface area (Å²) in [7, 11) is 0. The minimum Gasteiger partial charge on any atom is -0.465 e. The highest BCUT2D eigenvalue weighted by Crippen LogP contribution is 2.27. The first-order valence-corrected chi connectivity index (χ1v) is 9.58. The number of hydrogen-bond acceptors (Lipinski definition) is 4. The molecule has 0 spiro atoms. The maximum atomic E-state index is 12.7. The molecule has 2 amide bonds. The molecule has 1 fully saturated rings. The molecule has 0 radical (unpaired) electrons. The Balaban J connectivity index is 1.61. The Morgan fingerprint density at radius 3 is 2.43 bits per heavy atom. The van der Waals surface area contributed by atoms with Gasteiger partial charge in [-0.3, -0.25) is 4.79 Å². The summed E-state index contributed by atoms with van der Waals surface area (Å²) in [5.74, 6) is 0.547. The number of carbonyl (C=O) groups excluding carboxylic acids is 1. The summed E-state index contributed by atoms with van der Waals surface area (Å²) in [5.41, 5.74) is 0.758. The molecule has 28 heavy (non-hydrogen) atoms. The Morgan fingerprint density at radius 2 is 1.82 bits per heavy atom. The van der Waals surface area contributed by atoms with Crippen LogP contribution in [0.1, 0.15) is 18.0 Å². The van der Waals surface area contributed by atoms with Crippen molar-refractivity contribution in [3.63, 3.8) is 0 Å². The molecule has 1 aliphatic rings. The standard InChI is InChI=1S/C19H20Cl2N4O3/c20-14-10-15(21)18(22-12-14)25-8-6-24(7-9-25)17(26)11-16(23-19(27)28)13-4-2-1-3-5-13/h1-5,10,12,16,23H,6-9,11H2,(H,27,28). The van der Waals surface area contributed by atoms with Gasteiger partial charge in [-0.1, -0.05) is 53.5 Å². The highest BCUT2D eigenvalue weighted by atomic mass is 35.5. The molecule has 2 aromatic rings. The number of nitrogens with zero attached hydrogens (tertiary/aromatic N) is 3. The lowest BCUT2D eigenvalue weighted by Crippen LogP contribution is -2.49. The second-order valence-electron chi connectivity index (χ2n) is 6.44. The minimum atomic E-state index is -1.16. The molecule has 7 nitrogen and oxygen atoms in total. The van der Waals surface area contributed by atoms with E-state index < -0.39 is 12.1 Å². The number of carboxylic acid groups (broad SMARTS) is 1. The molecule has 0 saturated carbocycles. The van der Waals surface area contributed by atoms with Crippen LogP contribution in [-0.2, 0) is 4.79 Å². The summed E-state index contributed by atoms with van der Waals surface area (Å²) >= 11 is 12.1. The summed E-state index contributed by atoms with van der Waals surface area (Å²) in [6.45, 7) is 2.19. The Morgan fingerprint density at radius 1 is 1.14 bits per heavy atom. The highest BCUT2D eigenvalue weighted by molar-refractivity contribution is 6.36. The van der Waals surface area contributed by atoms with Crippen molar-refractivity contribution in [1.82, 2.24) is 15.2 Å². The zero-order chi connectivity index (χ0) is 20.1. The summed E-state index contributed by atoms with van der Waals surface area (Å²) in [4.78, 5) is 31.9. The van der Waals surface area contributed by atoms with Crippen molar-refractivity contribution in [3.05, 3.63) is 58.2 Å². The van der Waals surface area contributed by atoms with Crippen LogP contribution in [0.15, 0.2) is 42.6 Å². The zero-order valence-corrected chi connectivity index (χ0v) is 16.5. The lowest BCUT2D eigenvalue weighted by atomic mass is 10.0. The van der Waals surface area contributed by atoms with Crippen LogP contribution in [0.2, 0.25) is 10.0 Å². The van der Waals surface area contributed by atoms with Crippen LogP contribution >= 0.6 is 23.2 Å². The van der Waals surface area contributed by atoms with Gasteiger partial charge in [0.25, 0.3) is 0 Å². The van der Waals surface area contributed by atoms with Gasteiger partial charge in [0.2, 0.25) is 5.91 Å². The van der Waals surface area contributed by atoms with Gasteiger partial charge in [-0.2, -0.15) is 0 Å². The second kappa shape index (κ2) is 9.12. The molecule has 0 aliphatic carbocycles. The first kappa shape index (κ1) is 20.2. The maximum Gasteiger partial charge on any atom is 0.405 e. The number of aromatic nitrogens is 1. The first-order chi connectivity index (χ1) is 13.4. The number of amides is 2. The number of rotatable bonds is 5. The smallest absolute Gasteiger partial charge is 0.405 e. The van der Waals surface area contributed by atoms with E-state index in [-0.39, 0.29) is 12.3 Å². The quantitative estimate of drug-likeness (QED) is 0.770.